The first-order chi connectivity index (χ1) is 7.58. The predicted octanol–water partition coefficient (Wildman–Crippen LogP) is 0.660. The average molecular weight is 220 g/mol. The summed E-state index contributed by atoms with van der Waals surface area (Å²) in [5, 5.41) is 17.5. The van der Waals surface area contributed by atoms with Gasteiger partial charge in [-0.2, -0.15) is 0 Å². The van der Waals surface area contributed by atoms with E-state index in [9.17, 15) is 9.59 Å². The van der Waals surface area contributed by atoms with Crippen LogP contribution in [0.5, 0.6) is 0 Å². The third kappa shape index (κ3) is 1.72. The second-order valence-electron chi connectivity index (χ2n) is 3.26. The number of aromatic carboxylic acids is 1. The van der Waals surface area contributed by atoms with Crippen LogP contribution in [0.15, 0.2) is 24.5 Å². The van der Waals surface area contributed by atoms with Crippen LogP contribution in [0, 0.1) is 0 Å². The number of pyridine rings is 1. The van der Waals surface area contributed by atoms with Gasteiger partial charge in [-0.25, -0.2) is 9.78 Å². The lowest BCUT2D eigenvalue weighted by atomic mass is 10.3. The van der Waals surface area contributed by atoms with Crippen LogP contribution in [0.3, 0.4) is 0 Å². The Kier molecular flexibility index (Phi) is 2.32. The number of hydrogen-bond donors (Lipinski definition) is 2. The number of carboxylic acids is 2. The summed E-state index contributed by atoms with van der Waals surface area (Å²) in [5.74, 6) is -2.08. The molecule has 6 nitrogen and oxygen atoms in total. The Hall–Kier alpha value is -2.37. The van der Waals surface area contributed by atoms with E-state index in [1.54, 1.807) is 12.3 Å². The maximum Gasteiger partial charge on any atom is 0.339 e. The summed E-state index contributed by atoms with van der Waals surface area (Å²) in [6.07, 6.45) is 2.91. The van der Waals surface area contributed by atoms with E-state index in [-0.39, 0.29) is 17.6 Å². The molecule has 0 unspecified atom stereocenters. The van der Waals surface area contributed by atoms with Crippen LogP contribution < -0.4 is 0 Å². The molecule has 16 heavy (non-hydrogen) atoms. The van der Waals surface area contributed by atoms with Crippen LogP contribution >= 0.6 is 0 Å². The minimum atomic E-state index is -1.09. The van der Waals surface area contributed by atoms with Gasteiger partial charge in [-0.1, -0.05) is 0 Å². The highest BCUT2D eigenvalue weighted by atomic mass is 16.4. The van der Waals surface area contributed by atoms with Gasteiger partial charge in [-0.3, -0.25) is 4.79 Å². The number of aromatic nitrogens is 2. The zero-order valence-electron chi connectivity index (χ0n) is 8.12. The topological polar surface area (TPSA) is 91.9 Å². The normalized spacial score (nSPS) is 10.5. The SMILES string of the molecule is O=C(O)Cc1cn2cccc(C(=O)O)c2n1. The molecule has 0 aliphatic carbocycles. The standard InChI is InChI=1S/C10H8N2O4/c13-8(14)4-6-5-12-3-1-2-7(10(15)16)9(12)11-6/h1-3,5H,4H2,(H,13,14)(H,15,16). The fourth-order valence-corrected chi connectivity index (χ4v) is 1.47. The van der Waals surface area contributed by atoms with Gasteiger partial charge >= 0.3 is 11.9 Å². The molecule has 2 N–H and O–H groups in total. The smallest absolute Gasteiger partial charge is 0.339 e. The molecule has 6 heteroatoms. The molecule has 0 atom stereocenters. The number of carbonyl (C=O) groups is 2. The molecular weight excluding hydrogens is 212 g/mol. The van der Waals surface area contributed by atoms with E-state index in [1.165, 1.54) is 16.7 Å². The lowest BCUT2D eigenvalue weighted by Gasteiger charge is -1.96. The molecule has 2 aromatic heterocycles. The molecule has 2 heterocycles. The Labute approximate surface area is 89.8 Å². The summed E-state index contributed by atoms with van der Waals surface area (Å²) < 4.78 is 1.50. The molecule has 0 aromatic carbocycles. The molecule has 0 spiro atoms. The Morgan fingerprint density at radius 2 is 2.12 bits per heavy atom. The Balaban J connectivity index is 2.56. The van der Waals surface area contributed by atoms with Crippen LogP contribution in [-0.4, -0.2) is 31.5 Å². The maximum absolute atomic E-state index is 10.9. The molecule has 0 aliphatic rings. The van der Waals surface area contributed by atoms with E-state index in [0.29, 0.717) is 5.69 Å². The van der Waals surface area contributed by atoms with Crippen molar-refractivity contribution in [3.05, 3.63) is 35.8 Å². The molecule has 2 aromatic rings. The predicted molar refractivity (Wildman–Crippen MR) is 53.5 cm³/mol. The summed E-state index contributed by atoms with van der Waals surface area (Å²) >= 11 is 0. The van der Waals surface area contributed by atoms with Gasteiger partial charge in [0, 0.05) is 12.4 Å². The van der Waals surface area contributed by atoms with Crippen molar-refractivity contribution < 1.29 is 19.8 Å². The van der Waals surface area contributed by atoms with Gasteiger partial charge in [0.25, 0.3) is 0 Å². The molecule has 0 amide bonds. The van der Waals surface area contributed by atoms with Crippen molar-refractivity contribution in [3.8, 4) is 0 Å². The number of carboxylic acid groups (broad SMARTS) is 2. The minimum absolute atomic E-state index is 0.0548. The van der Waals surface area contributed by atoms with Gasteiger partial charge in [-0.05, 0) is 12.1 Å². The van der Waals surface area contributed by atoms with Crippen molar-refractivity contribution in [2.75, 3.05) is 0 Å². The van der Waals surface area contributed by atoms with Crippen molar-refractivity contribution in [3.63, 3.8) is 0 Å². The number of hydrogen-bond acceptors (Lipinski definition) is 3. The minimum Gasteiger partial charge on any atom is -0.481 e. The average Bonchev–Trinajstić information content (AvgIpc) is 2.57. The van der Waals surface area contributed by atoms with Crippen LogP contribution in [0.1, 0.15) is 16.1 Å². The Morgan fingerprint density at radius 3 is 2.75 bits per heavy atom. The molecule has 0 saturated heterocycles. The van der Waals surface area contributed by atoms with Crippen LogP contribution in [0.4, 0.5) is 0 Å². The molecule has 2 rings (SSSR count). The fourth-order valence-electron chi connectivity index (χ4n) is 1.47. The van der Waals surface area contributed by atoms with E-state index >= 15 is 0 Å². The molecular formula is C10H8N2O4. The summed E-state index contributed by atoms with van der Waals surface area (Å²) in [4.78, 5) is 25.4. The number of nitrogens with zero attached hydrogens (tertiary/aromatic N) is 2. The third-order valence-corrected chi connectivity index (χ3v) is 2.10. The van der Waals surface area contributed by atoms with Crippen LogP contribution in [-0.2, 0) is 11.2 Å². The van der Waals surface area contributed by atoms with E-state index in [4.69, 9.17) is 10.2 Å². The Bertz CT molecular complexity index is 573. The Morgan fingerprint density at radius 1 is 1.38 bits per heavy atom. The summed E-state index contributed by atoms with van der Waals surface area (Å²) in [6, 6.07) is 3.00. The first kappa shape index (κ1) is 10.2. The largest absolute Gasteiger partial charge is 0.481 e. The molecule has 0 bridgehead atoms. The van der Waals surface area contributed by atoms with Crippen molar-refractivity contribution in [1.82, 2.24) is 9.38 Å². The summed E-state index contributed by atoms with van der Waals surface area (Å²) in [5.41, 5.74) is 0.645. The van der Waals surface area contributed by atoms with E-state index in [2.05, 4.69) is 4.98 Å². The monoisotopic (exact) mass is 220 g/mol. The van der Waals surface area contributed by atoms with Gasteiger partial charge in [0.05, 0.1) is 12.1 Å². The fraction of sp³-hybridized carbons (Fsp3) is 0.100. The van der Waals surface area contributed by atoms with E-state index in [1.807, 2.05) is 0 Å². The molecule has 0 radical (unpaired) electrons. The highest BCUT2D eigenvalue weighted by Gasteiger charge is 2.12. The lowest BCUT2D eigenvalue weighted by molar-refractivity contribution is -0.136. The molecule has 0 aliphatic heterocycles. The number of fused-ring (bicyclic) bond motifs is 1. The maximum atomic E-state index is 10.9. The van der Waals surface area contributed by atoms with Crippen molar-refractivity contribution in [2.45, 2.75) is 6.42 Å². The first-order valence-corrected chi connectivity index (χ1v) is 4.49. The van der Waals surface area contributed by atoms with E-state index in [0.717, 1.165) is 0 Å². The van der Waals surface area contributed by atoms with Gasteiger partial charge in [0.2, 0.25) is 0 Å². The van der Waals surface area contributed by atoms with Gasteiger partial charge < -0.3 is 14.6 Å². The van der Waals surface area contributed by atoms with Crippen LogP contribution in [0.25, 0.3) is 5.65 Å². The quantitative estimate of drug-likeness (QED) is 0.792. The number of rotatable bonds is 3. The second-order valence-corrected chi connectivity index (χ2v) is 3.26. The third-order valence-electron chi connectivity index (χ3n) is 2.10. The molecule has 82 valence electrons. The number of imidazole rings is 1. The summed E-state index contributed by atoms with van der Waals surface area (Å²) in [7, 11) is 0. The van der Waals surface area contributed by atoms with E-state index < -0.39 is 11.9 Å². The van der Waals surface area contributed by atoms with Crippen molar-refractivity contribution >= 4 is 17.6 Å². The summed E-state index contributed by atoms with van der Waals surface area (Å²) in [6.45, 7) is 0. The molecule has 0 saturated carbocycles. The second kappa shape index (κ2) is 3.65. The van der Waals surface area contributed by atoms with Crippen molar-refractivity contribution in [1.29, 1.82) is 0 Å². The number of aliphatic carboxylic acids is 1. The van der Waals surface area contributed by atoms with Gasteiger partial charge in [-0.15, -0.1) is 0 Å². The van der Waals surface area contributed by atoms with Crippen molar-refractivity contribution in [2.24, 2.45) is 0 Å². The first-order valence-electron chi connectivity index (χ1n) is 4.49. The lowest BCUT2D eigenvalue weighted by Crippen LogP contribution is -2.01. The van der Waals surface area contributed by atoms with Gasteiger partial charge in [0.15, 0.2) is 5.65 Å². The zero-order valence-corrected chi connectivity index (χ0v) is 8.12. The highest BCUT2D eigenvalue weighted by Crippen LogP contribution is 2.11. The van der Waals surface area contributed by atoms with Crippen LogP contribution in [0.2, 0.25) is 0 Å². The highest BCUT2D eigenvalue weighted by molar-refractivity contribution is 5.94. The molecule has 0 fully saturated rings. The van der Waals surface area contributed by atoms with Gasteiger partial charge in [0.1, 0.15) is 5.56 Å². The zero-order chi connectivity index (χ0) is 11.7.